The zero-order chi connectivity index (χ0) is 14.7. The summed E-state index contributed by atoms with van der Waals surface area (Å²) in [4.78, 5) is 15.6. The number of hydrogen-bond donors (Lipinski definition) is 2. The van der Waals surface area contributed by atoms with Gasteiger partial charge in [-0.25, -0.2) is 14.5 Å². The van der Waals surface area contributed by atoms with Crippen LogP contribution in [-0.2, 0) is 11.3 Å². The van der Waals surface area contributed by atoms with Gasteiger partial charge in [-0.1, -0.05) is 19.3 Å². The van der Waals surface area contributed by atoms with Crippen molar-refractivity contribution in [2.45, 2.75) is 57.0 Å². The van der Waals surface area contributed by atoms with Crippen LogP contribution in [0.4, 0.5) is 4.79 Å². The minimum Gasteiger partial charge on any atom is -0.381 e. The fourth-order valence-corrected chi connectivity index (χ4v) is 3.19. The predicted molar refractivity (Wildman–Crippen MR) is 76.7 cm³/mol. The number of primary amides is 1. The molecular weight excluding hydrogens is 270 g/mol. The molecule has 0 unspecified atom stereocenters. The number of rotatable bonds is 4. The molecule has 116 valence electrons. The van der Waals surface area contributed by atoms with Gasteiger partial charge in [0.2, 0.25) is 0 Å². The molecule has 21 heavy (non-hydrogen) atoms. The van der Waals surface area contributed by atoms with E-state index in [1.165, 1.54) is 19.3 Å². The molecule has 1 saturated carbocycles. The summed E-state index contributed by atoms with van der Waals surface area (Å²) in [5.74, 6) is 1.93. The molecule has 0 bridgehead atoms. The van der Waals surface area contributed by atoms with E-state index in [4.69, 9.17) is 15.6 Å². The first-order valence-electron chi connectivity index (χ1n) is 7.80. The molecular formula is C14H23N5O2. The standard InChI is InChI=1S/C14H23N5O2/c15-14(20)16-8-12-17-13(10-6-7-21-9-10)18-19(12)11-4-2-1-3-5-11/h10-11H,1-9H2,(H3,15,16,20)/t10-/m0/s1. The van der Waals surface area contributed by atoms with E-state index in [0.29, 0.717) is 19.2 Å². The molecule has 3 rings (SSSR count). The first-order valence-corrected chi connectivity index (χ1v) is 7.80. The van der Waals surface area contributed by atoms with E-state index >= 15 is 0 Å². The number of hydrogen-bond acceptors (Lipinski definition) is 4. The van der Waals surface area contributed by atoms with E-state index in [1.54, 1.807) is 0 Å². The number of carbonyl (C=O) groups is 1. The molecule has 0 aromatic carbocycles. The third-order valence-corrected chi connectivity index (χ3v) is 4.35. The Morgan fingerprint density at radius 1 is 1.33 bits per heavy atom. The van der Waals surface area contributed by atoms with Gasteiger partial charge in [-0.3, -0.25) is 0 Å². The molecule has 2 fully saturated rings. The van der Waals surface area contributed by atoms with E-state index in [9.17, 15) is 4.79 Å². The average Bonchev–Trinajstić information content (AvgIpc) is 3.15. The number of ether oxygens (including phenoxy) is 1. The largest absolute Gasteiger partial charge is 0.381 e. The zero-order valence-corrected chi connectivity index (χ0v) is 12.3. The van der Waals surface area contributed by atoms with Crippen LogP contribution in [0.25, 0.3) is 0 Å². The molecule has 0 spiro atoms. The molecule has 3 N–H and O–H groups in total. The highest BCUT2D eigenvalue weighted by molar-refractivity contribution is 5.71. The van der Waals surface area contributed by atoms with E-state index in [-0.39, 0.29) is 5.92 Å². The fraction of sp³-hybridized carbons (Fsp3) is 0.786. The maximum absolute atomic E-state index is 11.0. The van der Waals surface area contributed by atoms with Gasteiger partial charge >= 0.3 is 6.03 Å². The Morgan fingerprint density at radius 2 is 2.14 bits per heavy atom. The first-order chi connectivity index (χ1) is 10.2. The normalized spacial score (nSPS) is 23.3. The van der Waals surface area contributed by atoms with E-state index < -0.39 is 6.03 Å². The summed E-state index contributed by atoms with van der Waals surface area (Å²) < 4.78 is 7.44. The summed E-state index contributed by atoms with van der Waals surface area (Å²) in [5, 5.41) is 7.36. The summed E-state index contributed by atoms with van der Waals surface area (Å²) in [6.45, 7) is 1.81. The second-order valence-corrected chi connectivity index (χ2v) is 5.90. The molecule has 2 aliphatic rings. The number of nitrogens with zero attached hydrogens (tertiary/aromatic N) is 3. The second-order valence-electron chi connectivity index (χ2n) is 5.90. The van der Waals surface area contributed by atoms with Crippen LogP contribution >= 0.6 is 0 Å². The number of nitrogens with one attached hydrogen (secondary N) is 1. The van der Waals surface area contributed by atoms with Gasteiger partial charge in [0, 0.05) is 12.5 Å². The Kier molecular flexibility index (Phi) is 4.38. The number of aromatic nitrogens is 3. The Hall–Kier alpha value is -1.63. The molecule has 0 radical (unpaired) electrons. The molecule has 1 aliphatic carbocycles. The van der Waals surface area contributed by atoms with Gasteiger partial charge in [0.15, 0.2) is 5.82 Å². The maximum Gasteiger partial charge on any atom is 0.312 e. The summed E-state index contributed by atoms with van der Waals surface area (Å²) in [6.07, 6.45) is 6.99. The lowest BCUT2D eigenvalue weighted by Gasteiger charge is -2.23. The van der Waals surface area contributed by atoms with Crippen LogP contribution in [0.3, 0.4) is 0 Å². The fourth-order valence-electron chi connectivity index (χ4n) is 3.19. The Morgan fingerprint density at radius 3 is 2.81 bits per heavy atom. The summed E-state index contributed by atoms with van der Waals surface area (Å²) in [6, 6.07) is -0.133. The molecule has 2 amide bonds. The highest BCUT2D eigenvalue weighted by Crippen LogP contribution is 2.30. The van der Waals surface area contributed by atoms with E-state index in [0.717, 1.165) is 37.5 Å². The first kappa shape index (κ1) is 14.3. The van der Waals surface area contributed by atoms with Crippen LogP contribution in [0.15, 0.2) is 0 Å². The molecule has 1 saturated heterocycles. The van der Waals surface area contributed by atoms with E-state index in [2.05, 4.69) is 10.3 Å². The lowest BCUT2D eigenvalue weighted by molar-refractivity contribution is 0.193. The number of carbonyl (C=O) groups excluding carboxylic acids is 1. The van der Waals surface area contributed by atoms with Crippen LogP contribution in [-0.4, -0.2) is 34.0 Å². The average molecular weight is 293 g/mol. The van der Waals surface area contributed by atoms with Gasteiger partial charge in [0.05, 0.1) is 19.2 Å². The van der Waals surface area contributed by atoms with Crippen molar-refractivity contribution < 1.29 is 9.53 Å². The van der Waals surface area contributed by atoms with Crippen molar-refractivity contribution in [1.29, 1.82) is 0 Å². The second kappa shape index (κ2) is 6.43. The predicted octanol–water partition coefficient (Wildman–Crippen LogP) is 1.46. The van der Waals surface area contributed by atoms with Crippen molar-refractivity contribution in [3.05, 3.63) is 11.6 Å². The van der Waals surface area contributed by atoms with Gasteiger partial charge in [-0.15, -0.1) is 0 Å². The molecule has 2 heterocycles. The summed E-state index contributed by atoms with van der Waals surface area (Å²) >= 11 is 0. The van der Waals surface area contributed by atoms with Gasteiger partial charge < -0.3 is 15.8 Å². The lowest BCUT2D eigenvalue weighted by atomic mass is 9.95. The highest BCUT2D eigenvalue weighted by Gasteiger charge is 2.26. The molecule has 1 atom stereocenters. The Balaban J connectivity index is 1.81. The van der Waals surface area contributed by atoms with Crippen molar-refractivity contribution >= 4 is 6.03 Å². The quantitative estimate of drug-likeness (QED) is 0.878. The molecule has 7 nitrogen and oxygen atoms in total. The van der Waals surface area contributed by atoms with Crippen LogP contribution < -0.4 is 11.1 Å². The van der Waals surface area contributed by atoms with Crippen LogP contribution in [0.1, 0.15) is 62.1 Å². The minimum atomic E-state index is -0.529. The maximum atomic E-state index is 11.0. The number of nitrogens with two attached hydrogens (primary N) is 1. The third kappa shape index (κ3) is 3.34. The highest BCUT2D eigenvalue weighted by atomic mass is 16.5. The topological polar surface area (TPSA) is 95.1 Å². The third-order valence-electron chi connectivity index (χ3n) is 4.35. The zero-order valence-electron chi connectivity index (χ0n) is 12.3. The van der Waals surface area contributed by atoms with Crippen LogP contribution in [0.5, 0.6) is 0 Å². The SMILES string of the molecule is NC(=O)NCc1nc([C@H]2CCOC2)nn1C1CCCCC1. The molecule has 7 heteroatoms. The Bertz CT molecular complexity index is 490. The smallest absolute Gasteiger partial charge is 0.312 e. The summed E-state index contributed by atoms with van der Waals surface area (Å²) in [5.41, 5.74) is 5.17. The molecule has 1 aromatic rings. The van der Waals surface area contributed by atoms with Gasteiger partial charge in [-0.05, 0) is 19.3 Å². The van der Waals surface area contributed by atoms with Crippen LogP contribution in [0, 0.1) is 0 Å². The minimum absolute atomic E-state index is 0.280. The Labute approximate surface area is 124 Å². The van der Waals surface area contributed by atoms with Crippen molar-refractivity contribution in [2.24, 2.45) is 5.73 Å². The van der Waals surface area contributed by atoms with Crippen molar-refractivity contribution in [3.8, 4) is 0 Å². The molecule has 1 aromatic heterocycles. The van der Waals surface area contributed by atoms with Crippen molar-refractivity contribution in [2.75, 3.05) is 13.2 Å². The van der Waals surface area contributed by atoms with Gasteiger partial charge in [0.25, 0.3) is 0 Å². The number of amides is 2. The lowest BCUT2D eigenvalue weighted by Crippen LogP contribution is -2.30. The van der Waals surface area contributed by atoms with Crippen molar-refractivity contribution in [1.82, 2.24) is 20.1 Å². The van der Waals surface area contributed by atoms with Crippen molar-refractivity contribution in [3.63, 3.8) is 0 Å². The van der Waals surface area contributed by atoms with Gasteiger partial charge in [-0.2, -0.15) is 5.10 Å². The summed E-state index contributed by atoms with van der Waals surface area (Å²) in [7, 11) is 0. The monoisotopic (exact) mass is 293 g/mol. The molecule has 1 aliphatic heterocycles. The van der Waals surface area contributed by atoms with Crippen LogP contribution in [0.2, 0.25) is 0 Å². The van der Waals surface area contributed by atoms with Gasteiger partial charge in [0.1, 0.15) is 5.82 Å². The van der Waals surface area contributed by atoms with E-state index in [1.807, 2.05) is 4.68 Å². The number of urea groups is 1.